The van der Waals surface area contributed by atoms with Crippen LogP contribution in [0.25, 0.3) is 0 Å². The highest BCUT2D eigenvalue weighted by Gasteiger charge is 2.32. The van der Waals surface area contributed by atoms with Crippen LogP contribution in [0, 0.1) is 0 Å². The third kappa shape index (κ3) is 3.75. The van der Waals surface area contributed by atoms with Crippen molar-refractivity contribution in [3.63, 3.8) is 0 Å². The maximum Gasteiger partial charge on any atom is 0.325 e. The molecule has 0 fully saturated rings. The van der Waals surface area contributed by atoms with E-state index in [1.165, 1.54) is 7.11 Å². The zero-order valence-corrected chi connectivity index (χ0v) is 9.01. The molecule has 0 aromatic carbocycles. The van der Waals surface area contributed by atoms with E-state index in [-0.39, 0.29) is 5.97 Å². The Hall–Kier alpha value is -1.09. The maximum atomic E-state index is 11.5. The lowest BCUT2D eigenvalue weighted by Crippen LogP contribution is -2.50. The first-order chi connectivity index (χ1) is 6.60. The summed E-state index contributed by atoms with van der Waals surface area (Å²) in [6.45, 7) is 9.63. The van der Waals surface area contributed by atoms with Gasteiger partial charge in [0.1, 0.15) is 5.54 Å². The van der Waals surface area contributed by atoms with E-state index in [1.807, 2.05) is 6.92 Å². The van der Waals surface area contributed by atoms with Crippen LogP contribution in [0.2, 0.25) is 0 Å². The van der Waals surface area contributed by atoms with Crippen LogP contribution >= 0.6 is 0 Å². The van der Waals surface area contributed by atoms with Gasteiger partial charge in [-0.05, 0) is 19.8 Å². The fraction of sp³-hybridized carbons (Fsp3) is 0.545. The maximum absolute atomic E-state index is 11.5. The molecular weight excluding hydrogens is 178 g/mol. The summed E-state index contributed by atoms with van der Waals surface area (Å²) in [4.78, 5) is 11.5. The number of methoxy groups -OCH3 is 1. The van der Waals surface area contributed by atoms with Crippen LogP contribution in [0.4, 0.5) is 0 Å². The number of rotatable bonds is 7. The van der Waals surface area contributed by atoms with E-state index in [2.05, 4.69) is 18.5 Å². The Kier molecular flexibility index (Phi) is 5.88. The van der Waals surface area contributed by atoms with Gasteiger partial charge in [0.25, 0.3) is 0 Å². The highest BCUT2D eigenvalue weighted by atomic mass is 16.5. The minimum Gasteiger partial charge on any atom is -0.468 e. The van der Waals surface area contributed by atoms with Crippen molar-refractivity contribution in [1.82, 2.24) is 5.32 Å². The Labute approximate surface area is 85.8 Å². The average Bonchev–Trinajstić information content (AvgIpc) is 2.22. The van der Waals surface area contributed by atoms with Crippen molar-refractivity contribution < 1.29 is 9.53 Å². The predicted octanol–water partition coefficient (Wildman–Crippen LogP) is 1.66. The third-order valence-electron chi connectivity index (χ3n) is 2.12. The second-order valence-corrected chi connectivity index (χ2v) is 3.32. The first-order valence-corrected chi connectivity index (χ1v) is 4.66. The van der Waals surface area contributed by atoms with Gasteiger partial charge in [-0.1, -0.05) is 12.2 Å². The predicted molar refractivity (Wildman–Crippen MR) is 58.1 cm³/mol. The van der Waals surface area contributed by atoms with Gasteiger partial charge in [0.15, 0.2) is 0 Å². The highest BCUT2D eigenvalue weighted by molar-refractivity contribution is 5.80. The largest absolute Gasteiger partial charge is 0.468 e. The van der Waals surface area contributed by atoms with Gasteiger partial charge in [-0.25, -0.2) is 0 Å². The molecule has 0 amide bonds. The second kappa shape index (κ2) is 6.38. The molecule has 0 aromatic heterocycles. The summed E-state index contributed by atoms with van der Waals surface area (Å²) in [7, 11) is 1.39. The first-order valence-electron chi connectivity index (χ1n) is 4.66. The minimum absolute atomic E-state index is 0.249. The van der Waals surface area contributed by atoms with Crippen LogP contribution in [-0.4, -0.2) is 25.2 Å². The summed E-state index contributed by atoms with van der Waals surface area (Å²) < 4.78 is 4.74. The number of esters is 1. The van der Waals surface area contributed by atoms with Crippen LogP contribution in [0.1, 0.15) is 19.8 Å². The monoisotopic (exact) mass is 197 g/mol. The molecule has 0 rings (SSSR count). The SMILES string of the molecule is C=CCCC(C)(NCC=C)C(=O)OC. The smallest absolute Gasteiger partial charge is 0.325 e. The minimum atomic E-state index is -0.642. The zero-order chi connectivity index (χ0) is 11.0. The van der Waals surface area contributed by atoms with E-state index in [0.29, 0.717) is 13.0 Å². The highest BCUT2D eigenvalue weighted by Crippen LogP contribution is 2.14. The lowest BCUT2D eigenvalue weighted by Gasteiger charge is -2.27. The van der Waals surface area contributed by atoms with Gasteiger partial charge < -0.3 is 4.74 Å². The van der Waals surface area contributed by atoms with E-state index in [1.54, 1.807) is 12.2 Å². The molecule has 1 atom stereocenters. The molecule has 0 aliphatic heterocycles. The molecule has 0 spiro atoms. The Bertz CT molecular complexity index is 199. The van der Waals surface area contributed by atoms with Crippen LogP contribution in [0.5, 0.6) is 0 Å². The summed E-state index contributed by atoms with van der Waals surface area (Å²) in [5, 5.41) is 3.09. The Morgan fingerprint density at radius 2 is 2.14 bits per heavy atom. The van der Waals surface area contributed by atoms with Gasteiger partial charge in [0.05, 0.1) is 7.11 Å². The summed E-state index contributed by atoms with van der Waals surface area (Å²) in [5.74, 6) is -0.249. The van der Waals surface area contributed by atoms with Gasteiger partial charge in [-0.3, -0.25) is 10.1 Å². The molecule has 1 N–H and O–H groups in total. The molecule has 0 bridgehead atoms. The van der Waals surface area contributed by atoms with E-state index in [9.17, 15) is 4.79 Å². The summed E-state index contributed by atoms with van der Waals surface area (Å²) in [5.41, 5.74) is -0.642. The number of carbonyl (C=O) groups is 1. The van der Waals surface area contributed by atoms with Crippen molar-refractivity contribution in [1.29, 1.82) is 0 Å². The number of allylic oxidation sites excluding steroid dienone is 1. The lowest BCUT2D eigenvalue weighted by molar-refractivity contribution is -0.148. The Morgan fingerprint density at radius 3 is 2.57 bits per heavy atom. The molecule has 3 heteroatoms. The molecule has 1 unspecified atom stereocenters. The summed E-state index contributed by atoms with van der Waals surface area (Å²) in [6.07, 6.45) is 4.96. The van der Waals surface area contributed by atoms with Crippen molar-refractivity contribution >= 4 is 5.97 Å². The average molecular weight is 197 g/mol. The van der Waals surface area contributed by atoms with Gasteiger partial charge in [0.2, 0.25) is 0 Å². The van der Waals surface area contributed by atoms with E-state index in [4.69, 9.17) is 4.74 Å². The molecule has 0 aliphatic rings. The fourth-order valence-corrected chi connectivity index (χ4v) is 1.18. The summed E-state index contributed by atoms with van der Waals surface area (Å²) in [6, 6.07) is 0. The molecule has 0 aliphatic carbocycles. The van der Waals surface area contributed by atoms with Crippen LogP contribution in [0.3, 0.4) is 0 Å². The van der Waals surface area contributed by atoms with Crippen LogP contribution < -0.4 is 5.32 Å². The summed E-state index contributed by atoms with van der Waals surface area (Å²) >= 11 is 0. The van der Waals surface area contributed by atoms with Crippen molar-refractivity contribution in [2.75, 3.05) is 13.7 Å². The number of nitrogens with one attached hydrogen (secondary N) is 1. The first kappa shape index (κ1) is 12.9. The second-order valence-electron chi connectivity index (χ2n) is 3.32. The number of hydrogen-bond acceptors (Lipinski definition) is 3. The van der Waals surface area contributed by atoms with E-state index >= 15 is 0 Å². The molecule has 0 saturated carbocycles. The van der Waals surface area contributed by atoms with Gasteiger partial charge in [-0.15, -0.1) is 13.2 Å². The van der Waals surface area contributed by atoms with Crippen molar-refractivity contribution in [2.24, 2.45) is 0 Å². The molecule has 3 nitrogen and oxygen atoms in total. The number of ether oxygens (including phenoxy) is 1. The Morgan fingerprint density at radius 1 is 1.50 bits per heavy atom. The van der Waals surface area contributed by atoms with E-state index < -0.39 is 5.54 Å². The fourth-order valence-electron chi connectivity index (χ4n) is 1.18. The molecule has 14 heavy (non-hydrogen) atoms. The lowest BCUT2D eigenvalue weighted by atomic mass is 9.96. The van der Waals surface area contributed by atoms with Crippen LogP contribution in [-0.2, 0) is 9.53 Å². The number of carbonyl (C=O) groups excluding carboxylic acids is 1. The van der Waals surface area contributed by atoms with Crippen LogP contribution in [0.15, 0.2) is 25.3 Å². The molecule has 0 aromatic rings. The van der Waals surface area contributed by atoms with Gasteiger partial charge in [-0.2, -0.15) is 0 Å². The quantitative estimate of drug-likeness (QED) is 0.498. The van der Waals surface area contributed by atoms with Crippen molar-refractivity contribution in [2.45, 2.75) is 25.3 Å². The molecular formula is C11H19NO2. The Balaban J connectivity index is 4.38. The standard InChI is InChI=1S/C11H19NO2/c1-5-7-8-11(3,10(13)14-4)12-9-6-2/h5-6,12H,1-2,7-9H2,3-4H3. The molecule has 80 valence electrons. The number of hydrogen-bond donors (Lipinski definition) is 1. The van der Waals surface area contributed by atoms with E-state index in [0.717, 1.165) is 6.42 Å². The van der Waals surface area contributed by atoms with Gasteiger partial charge >= 0.3 is 5.97 Å². The molecule has 0 radical (unpaired) electrons. The molecule has 0 saturated heterocycles. The van der Waals surface area contributed by atoms with Gasteiger partial charge in [0, 0.05) is 6.54 Å². The van der Waals surface area contributed by atoms with Crippen molar-refractivity contribution in [3.05, 3.63) is 25.3 Å². The van der Waals surface area contributed by atoms with Crippen molar-refractivity contribution in [3.8, 4) is 0 Å². The normalized spacial score (nSPS) is 14.1. The third-order valence-corrected chi connectivity index (χ3v) is 2.12. The molecule has 0 heterocycles. The topological polar surface area (TPSA) is 38.3 Å². The zero-order valence-electron chi connectivity index (χ0n) is 9.01.